The molecule has 0 aliphatic carbocycles. The molecule has 6 saturated heterocycles. The molecular formula is C30H45N6O6Rh-3. The van der Waals surface area contributed by atoms with E-state index in [1.54, 1.807) is 0 Å². The Kier molecular flexibility index (Phi) is 7.26. The van der Waals surface area contributed by atoms with E-state index in [1.807, 2.05) is 0 Å². The molecule has 3 atom stereocenters. The Hall–Kier alpha value is -2.56. The first kappa shape index (κ1) is 30.5. The van der Waals surface area contributed by atoms with Gasteiger partial charge in [0, 0.05) is 54.2 Å². The number of hydrogen-bond acceptors (Lipinski definition) is 12. The maximum Gasteiger partial charge on any atom is 0.221 e. The van der Waals surface area contributed by atoms with Gasteiger partial charge in [0.2, 0.25) is 35.3 Å². The summed E-state index contributed by atoms with van der Waals surface area (Å²) in [6.07, 6.45) is 0. The second-order valence-corrected chi connectivity index (χ2v) is 14.3. The molecule has 13 heteroatoms. The fourth-order valence-electron chi connectivity index (χ4n) is 6.15. The van der Waals surface area contributed by atoms with Crippen LogP contribution in [0.4, 0.5) is 0 Å². The monoisotopic (exact) mass is 688 g/mol. The van der Waals surface area contributed by atoms with E-state index in [0.717, 1.165) is 74.9 Å². The molecule has 0 N–H and O–H groups in total. The van der Waals surface area contributed by atoms with Gasteiger partial charge in [-0.25, -0.2) is 0 Å². The Labute approximate surface area is 268 Å². The summed E-state index contributed by atoms with van der Waals surface area (Å²) in [5.74, 6) is 5.34. The molecule has 43 heavy (non-hydrogen) atoms. The van der Waals surface area contributed by atoms with Crippen LogP contribution in [0.1, 0.15) is 62.3 Å². The molecule has 3 unspecified atom stereocenters. The standard InChI is InChI=1S/3C10H15N2O2.Rh/c3*1-7-4-13-8-9-12(6-11(7)8)10(2,3)5-14-9;/h3*6-7H,4-5H2,1-3H3;/q3*-1;. The summed E-state index contributed by atoms with van der Waals surface area (Å²) in [5.41, 5.74) is 0.154. The zero-order valence-corrected chi connectivity index (χ0v) is 28.3. The second-order valence-electron chi connectivity index (χ2n) is 14.3. The van der Waals surface area contributed by atoms with Gasteiger partial charge in [-0.05, 0) is 62.3 Å². The quantitative estimate of drug-likeness (QED) is 0.277. The van der Waals surface area contributed by atoms with Gasteiger partial charge in [-0.2, -0.15) is 0 Å². The predicted molar refractivity (Wildman–Crippen MR) is 151 cm³/mol. The molecular weight excluding hydrogens is 643 g/mol. The van der Waals surface area contributed by atoms with Gasteiger partial charge < -0.3 is 57.8 Å². The first-order valence-electron chi connectivity index (χ1n) is 15.1. The normalized spacial score (nSPS) is 32.2. The summed E-state index contributed by atoms with van der Waals surface area (Å²) in [5, 5.41) is 0. The number of fused-ring (bicyclic) bond motifs is 6. The molecule has 9 aliphatic heterocycles. The molecule has 0 amide bonds. The zero-order valence-electron chi connectivity index (χ0n) is 26.7. The first-order valence-corrected chi connectivity index (χ1v) is 15.1. The van der Waals surface area contributed by atoms with Crippen molar-refractivity contribution in [3.8, 4) is 0 Å². The third kappa shape index (κ3) is 4.70. The van der Waals surface area contributed by atoms with E-state index in [2.05, 4.69) is 112 Å². The molecule has 9 rings (SSSR count). The van der Waals surface area contributed by atoms with Crippen molar-refractivity contribution in [1.29, 1.82) is 0 Å². The van der Waals surface area contributed by atoms with Gasteiger partial charge in [0.25, 0.3) is 0 Å². The molecule has 9 aliphatic rings. The van der Waals surface area contributed by atoms with Crippen molar-refractivity contribution in [3.05, 3.63) is 55.3 Å². The Morgan fingerprint density at radius 2 is 0.721 bits per heavy atom. The number of rotatable bonds is 0. The SMILES string of the molecule is CC1COC2=C3OCC(C)(C)N3[CH-]N21.CC1COC2=C3OCC(C)(C)N3[CH-]N21.CC1COC2=C3OCC(C)(C)N3[CH-]N21.[Rh]. The van der Waals surface area contributed by atoms with E-state index >= 15 is 0 Å². The Morgan fingerprint density at radius 1 is 0.465 bits per heavy atom. The van der Waals surface area contributed by atoms with Crippen LogP contribution >= 0.6 is 0 Å². The average molecular weight is 689 g/mol. The van der Waals surface area contributed by atoms with E-state index in [1.165, 1.54) is 0 Å². The van der Waals surface area contributed by atoms with Crippen LogP contribution in [0.25, 0.3) is 0 Å². The van der Waals surface area contributed by atoms with E-state index < -0.39 is 0 Å². The summed E-state index contributed by atoms with van der Waals surface area (Å²) in [6.45, 7) is 30.3. The third-order valence-electron chi connectivity index (χ3n) is 9.08. The summed E-state index contributed by atoms with van der Waals surface area (Å²) >= 11 is 0. The summed E-state index contributed by atoms with van der Waals surface area (Å²) in [4.78, 5) is 12.9. The van der Waals surface area contributed by atoms with E-state index in [0.29, 0.717) is 18.1 Å². The first-order chi connectivity index (χ1) is 19.8. The van der Waals surface area contributed by atoms with Crippen molar-refractivity contribution >= 4 is 0 Å². The molecule has 0 bridgehead atoms. The maximum atomic E-state index is 5.66. The van der Waals surface area contributed by atoms with E-state index in [9.17, 15) is 0 Å². The minimum atomic E-state index is 0. The average Bonchev–Trinajstić information content (AvgIpc) is 3.75. The van der Waals surface area contributed by atoms with Crippen LogP contribution in [-0.2, 0) is 47.9 Å². The van der Waals surface area contributed by atoms with Crippen molar-refractivity contribution in [3.63, 3.8) is 0 Å². The van der Waals surface area contributed by atoms with Crippen LogP contribution in [0.3, 0.4) is 0 Å². The molecule has 0 saturated carbocycles. The summed E-state index contributed by atoms with van der Waals surface area (Å²) in [6, 6.07) is 1.26. The van der Waals surface area contributed by atoms with Gasteiger partial charge in [0.15, 0.2) is 0 Å². The van der Waals surface area contributed by atoms with Gasteiger partial charge in [0.1, 0.15) is 39.6 Å². The molecule has 0 aromatic rings. The van der Waals surface area contributed by atoms with Crippen LogP contribution in [0.5, 0.6) is 0 Å². The second kappa shape index (κ2) is 10.2. The fraction of sp³-hybridized carbons (Fsp3) is 0.700. The molecule has 9 heterocycles. The molecule has 6 fully saturated rings. The predicted octanol–water partition coefficient (Wildman–Crippen LogP) is 3.23. The number of ether oxygens (including phenoxy) is 6. The fourth-order valence-corrected chi connectivity index (χ4v) is 6.15. The summed E-state index contributed by atoms with van der Waals surface area (Å²) in [7, 11) is 0. The minimum Gasteiger partial charge on any atom is -0.475 e. The van der Waals surface area contributed by atoms with Crippen molar-refractivity contribution in [2.45, 2.75) is 97.1 Å². The Balaban J connectivity index is 0.000000113. The molecule has 0 aromatic carbocycles. The van der Waals surface area contributed by atoms with Crippen LogP contribution < -0.4 is 0 Å². The maximum absolute atomic E-state index is 5.66. The number of nitrogens with zero attached hydrogens (tertiary/aromatic N) is 6. The van der Waals surface area contributed by atoms with E-state index in [-0.39, 0.29) is 36.1 Å². The molecule has 243 valence electrons. The topological polar surface area (TPSA) is 74.8 Å². The molecule has 12 nitrogen and oxygen atoms in total. The molecule has 0 aromatic heterocycles. The van der Waals surface area contributed by atoms with Gasteiger partial charge in [-0.3, -0.25) is 0 Å². The van der Waals surface area contributed by atoms with Gasteiger partial charge in [-0.15, -0.1) is 20.0 Å². The van der Waals surface area contributed by atoms with Crippen LogP contribution in [-0.4, -0.2) is 104 Å². The molecule has 1 radical (unpaired) electrons. The third-order valence-corrected chi connectivity index (χ3v) is 9.08. The van der Waals surface area contributed by atoms with Gasteiger partial charge >= 0.3 is 0 Å². The van der Waals surface area contributed by atoms with Crippen LogP contribution in [0.15, 0.2) is 35.3 Å². The van der Waals surface area contributed by atoms with Gasteiger partial charge in [0.05, 0.1) is 0 Å². The van der Waals surface area contributed by atoms with E-state index in [4.69, 9.17) is 28.4 Å². The van der Waals surface area contributed by atoms with Crippen molar-refractivity contribution < 1.29 is 47.9 Å². The largest absolute Gasteiger partial charge is 0.475 e. The van der Waals surface area contributed by atoms with Crippen LogP contribution in [0.2, 0.25) is 0 Å². The van der Waals surface area contributed by atoms with Crippen LogP contribution in [0, 0.1) is 20.0 Å². The molecule has 0 spiro atoms. The summed E-state index contributed by atoms with van der Waals surface area (Å²) < 4.78 is 33.8. The van der Waals surface area contributed by atoms with Crippen molar-refractivity contribution in [2.75, 3.05) is 39.6 Å². The Bertz CT molecular complexity index is 1090. The Morgan fingerprint density at radius 3 is 0.977 bits per heavy atom. The smallest absolute Gasteiger partial charge is 0.221 e. The van der Waals surface area contributed by atoms with Gasteiger partial charge in [-0.1, -0.05) is 0 Å². The minimum absolute atomic E-state index is 0. The van der Waals surface area contributed by atoms with Crippen molar-refractivity contribution in [1.82, 2.24) is 29.4 Å². The van der Waals surface area contributed by atoms with Crippen molar-refractivity contribution in [2.24, 2.45) is 0 Å². The zero-order chi connectivity index (χ0) is 29.8. The number of hydrogen-bond donors (Lipinski definition) is 0.